The molecular weight excluding hydrogens is 605 g/mol. The zero-order valence-electron chi connectivity index (χ0n) is 22.1. The Kier molecular flexibility index (Phi) is 8.63. The second-order valence-corrected chi connectivity index (χ2v) is 13.0. The lowest BCUT2D eigenvalue weighted by Gasteiger charge is -2.40. The van der Waals surface area contributed by atoms with Crippen LogP contribution in [-0.4, -0.2) is 23.2 Å². The number of carbonyl (C=O) groups is 2. The number of carbonyl (C=O) groups excluding carboxylic acids is 2. The van der Waals surface area contributed by atoms with Crippen molar-refractivity contribution in [2.24, 2.45) is 0 Å². The number of fused-ring (bicyclic) bond motifs is 2. The first-order valence-corrected chi connectivity index (χ1v) is 15.8. The van der Waals surface area contributed by atoms with Crippen LogP contribution in [0, 0.1) is 0 Å². The van der Waals surface area contributed by atoms with Gasteiger partial charge in [-0.15, -0.1) is 23.5 Å². The van der Waals surface area contributed by atoms with Crippen molar-refractivity contribution in [1.82, 2.24) is 0 Å². The Balaban J connectivity index is 1.24. The Labute approximate surface area is 263 Å². The molecule has 0 radical (unpaired) electrons. The molecule has 3 amide bonds. The summed E-state index contributed by atoms with van der Waals surface area (Å²) in [5.74, 6) is -0.218. The van der Waals surface area contributed by atoms with Crippen LogP contribution in [0.1, 0.15) is 10.8 Å². The molecule has 0 bridgehead atoms. The summed E-state index contributed by atoms with van der Waals surface area (Å²) in [5, 5.41) is 6.49. The largest absolute Gasteiger partial charge is 0.326 e. The summed E-state index contributed by atoms with van der Waals surface area (Å²) in [6, 6.07) is 29.7. The Morgan fingerprint density at radius 3 is 2.33 bits per heavy atom. The number of hydrogen-bond acceptors (Lipinski definition) is 4. The number of allylic oxidation sites excluding steroid dienone is 2. The molecule has 5 nitrogen and oxygen atoms in total. The molecule has 3 unspecified atom stereocenters. The highest BCUT2D eigenvalue weighted by molar-refractivity contribution is 8.00. The molecule has 6 rings (SSSR count). The number of thioether (sulfide) groups is 2. The van der Waals surface area contributed by atoms with Gasteiger partial charge < -0.3 is 10.6 Å². The average Bonchev–Trinajstić information content (AvgIpc) is 2.98. The molecule has 42 heavy (non-hydrogen) atoms. The van der Waals surface area contributed by atoms with Gasteiger partial charge in [-0.2, -0.15) is 0 Å². The van der Waals surface area contributed by atoms with E-state index in [-0.39, 0.29) is 23.2 Å². The summed E-state index contributed by atoms with van der Waals surface area (Å²) in [6.45, 7) is 0. The van der Waals surface area contributed by atoms with E-state index < -0.39 is 5.25 Å². The molecule has 9 heteroatoms. The van der Waals surface area contributed by atoms with E-state index in [1.54, 1.807) is 30.0 Å². The lowest BCUT2D eigenvalue weighted by Crippen LogP contribution is -2.49. The van der Waals surface area contributed by atoms with E-state index in [0.717, 1.165) is 21.0 Å². The first-order chi connectivity index (χ1) is 20.4. The van der Waals surface area contributed by atoms with Gasteiger partial charge in [0, 0.05) is 31.2 Å². The Morgan fingerprint density at radius 1 is 0.786 bits per heavy atom. The minimum atomic E-state index is -0.569. The fourth-order valence-corrected chi connectivity index (χ4v) is 7.79. The predicted octanol–water partition coefficient (Wildman–Crippen LogP) is 9.47. The number of benzene rings is 4. The first-order valence-electron chi connectivity index (χ1n) is 13.2. The van der Waals surface area contributed by atoms with E-state index >= 15 is 0 Å². The van der Waals surface area contributed by atoms with Crippen LogP contribution < -0.4 is 15.5 Å². The van der Waals surface area contributed by atoms with Gasteiger partial charge in [0.2, 0.25) is 5.91 Å². The number of urea groups is 1. The van der Waals surface area contributed by atoms with Gasteiger partial charge in [0.05, 0.1) is 17.0 Å². The quantitative estimate of drug-likeness (QED) is 0.208. The molecule has 4 aromatic carbocycles. The number of halogens is 2. The number of anilines is 3. The molecule has 1 aliphatic heterocycles. The van der Waals surface area contributed by atoms with Gasteiger partial charge in [0.25, 0.3) is 0 Å². The van der Waals surface area contributed by atoms with E-state index in [1.807, 2.05) is 95.9 Å². The molecule has 210 valence electrons. The number of nitrogens with one attached hydrogen (secondary N) is 2. The van der Waals surface area contributed by atoms with Crippen LogP contribution >= 0.6 is 46.7 Å². The fraction of sp³-hybridized carbons (Fsp3) is 0.0909. The lowest BCUT2D eigenvalue weighted by atomic mass is 10.1. The molecule has 2 N–H and O–H groups in total. The van der Waals surface area contributed by atoms with Crippen molar-refractivity contribution in [1.29, 1.82) is 0 Å². The molecule has 1 aliphatic carbocycles. The van der Waals surface area contributed by atoms with E-state index in [9.17, 15) is 9.59 Å². The molecular formula is C33H25Cl2N3O2S2. The summed E-state index contributed by atoms with van der Waals surface area (Å²) < 4.78 is 0. The van der Waals surface area contributed by atoms with Crippen LogP contribution in [0.2, 0.25) is 10.0 Å². The topological polar surface area (TPSA) is 61.4 Å². The third-order valence-corrected chi connectivity index (χ3v) is 9.76. The number of hydrogen-bond donors (Lipinski definition) is 2. The number of amides is 3. The number of para-hydroxylation sites is 1. The van der Waals surface area contributed by atoms with E-state index in [2.05, 4.69) is 22.8 Å². The molecule has 0 saturated heterocycles. The molecule has 0 aromatic heterocycles. The second kappa shape index (κ2) is 12.7. The Bertz CT molecular complexity index is 1680. The van der Waals surface area contributed by atoms with Crippen LogP contribution in [0.4, 0.5) is 21.9 Å². The van der Waals surface area contributed by atoms with Gasteiger partial charge >= 0.3 is 6.03 Å². The first kappa shape index (κ1) is 28.5. The van der Waals surface area contributed by atoms with Gasteiger partial charge in [-0.05, 0) is 54.1 Å². The molecule has 2 aliphatic rings. The summed E-state index contributed by atoms with van der Waals surface area (Å²) in [4.78, 5) is 31.0. The van der Waals surface area contributed by atoms with Gasteiger partial charge in [0.15, 0.2) is 0 Å². The summed E-state index contributed by atoms with van der Waals surface area (Å²) in [7, 11) is 0. The normalized spacial score (nSPS) is 17.6. The maximum atomic E-state index is 13.8. The smallest absolute Gasteiger partial charge is 0.325 e. The van der Waals surface area contributed by atoms with E-state index in [1.165, 1.54) is 11.8 Å². The van der Waals surface area contributed by atoms with Crippen molar-refractivity contribution in [2.75, 3.05) is 15.5 Å². The van der Waals surface area contributed by atoms with Gasteiger partial charge in [0.1, 0.15) is 5.25 Å². The highest BCUT2D eigenvalue weighted by Crippen LogP contribution is 2.44. The van der Waals surface area contributed by atoms with Crippen molar-refractivity contribution >= 4 is 75.7 Å². The minimum Gasteiger partial charge on any atom is -0.325 e. The molecule has 0 spiro atoms. The minimum absolute atomic E-state index is 0.0985. The van der Waals surface area contributed by atoms with Crippen LogP contribution in [0.15, 0.2) is 131 Å². The van der Waals surface area contributed by atoms with Crippen molar-refractivity contribution in [3.63, 3.8) is 0 Å². The maximum Gasteiger partial charge on any atom is 0.326 e. The lowest BCUT2D eigenvalue weighted by molar-refractivity contribution is -0.115. The standard InChI is InChI=1S/C33H25Cl2N3O2S2/c34-22-17-23(35)19-25(18-22)36-32(39)31(21-9-2-1-3-10-21)41-26-12-8-11-24(20-26)37-33(40)38-27-13-4-6-15-29(27)42-30-16-7-5-14-28(30)38/h1-20,27,29,31H,(H,36,39)(H,37,40). The van der Waals surface area contributed by atoms with E-state index in [0.29, 0.717) is 21.4 Å². The molecule has 0 saturated carbocycles. The van der Waals surface area contributed by atoms with Crippen LogP contribution in [-0.2, 0) is 4.79 Å². The predicted molar refractivity (Wildman–Crippen MR) is 176 cm³/mol. The van der Waals surface area contributed by atoms with E-state index in [4.69, 9.17) is 23.2 Å². The fourth-order valence-electron chi connectivity index (χ4n) is 4.93. The molecule has 3 atom stereocenters. The third kappa shape index (κ3) is 6.40. The Hall–Kier alpha value is -3.62. The molecule has 4 aromatic rings. The van der Waals surface area contributed by atoms with Crippen molar-refractivity contribution in [3.05, 3.63) is 137 Å². The average molecular weight is 631 g/mol. The van der Waals surface area contributed by atoms with Crippen LogP contribution in [0.5, 0.6) is 0 Å². The van der Waals surface area contributed by atoms with Crippen molar-refractivity contribution < 1.29 is 9.59 Å². The SMILES string of the molecule is O=C(Nc1cc(Cl)cc(Cl)c1)C(Sc1cccc(NC(=O)N2c3ccccc3SC3C=CC=CC32)c1)c1ccccc1. The molecule has 0 fully saturated rings. The Morgan fingerprint density at radius 2 is 1.52 bits per heavy atom. The van der Waals surface area contributed by atoms with Crippen LogP contribution in [0.3, 0.4) is 0 Å². The van der Waals surface area contributed by atoms with Crippen molar-refractivity contribution in [2.45, 2.75) is 26.3 Å². The zero-order chi connectivity index (χ0) is 29.1. The maximum absolute atomic E-state index is 13.8. The summed E-state index contributed by atoms with van der Waals surface area (Å²) in [5.41, 5.74) is 2.88. The third-order valence-electron chi connectivity index (χ3n) is 6.77. The molecule has 1 heterocycles. The van der Waals surface area contributed by atoms with Gasteiger partial charge in [-0.25, -0.2) is 4.79 Å². The summed E-state index contributed by atoms with van der Waals surface area (Å²) >= 11 is 15.5. The highest BCUT2D eigenvalue weighted by Gasteiger charge is 2.36. The van der Waals surface area contributed by atoms with Gasteiger partial charge in [-0.3, -0.25) is 9.69 Å². The highest BCUT2D eigenvalue weighted by atomic mass is 35.5. The van der Waals surface area contributed by atoms with Crippen LogP contribution in [0.25, 0.3) is 0 Å². The zero-order valence-corrected chi connectivity index (χ0v) is 25.3. The second-order valence-electron chi connectivity index (χ2n) is 9.69. The van der Waals surface area contributed by atoms with Gasteiger partial charge in [-0.1, -0.05) is 96.0 Å². The summed E-state index contributed by atoms with van der Waals surface area (Å²) in [6.07, 6.45) is 8.21. The number of nitrogens with zero attached hydrogens (tertiary/aromatic N) is 1. The number of rotatable bonds is 6. The van der Waals surface area contributed by atoms with Crippen molar-refractivity contribution in [3.8, 4) is 0 Å². The monoisotopic (exact) mass is 629 g/mol.